The summed E-state index contributed by atoms with van der Waals surface area (Å²) in [5.74, 6) is 0. The molecule has 0 bridgehead atoms. The molecule has 2 aromatic rings. The van der Waals surface area contributed by atoms with E-state index in [4.69, 9.17) is 28.5 Å². The predicted octanol–water partition coefficient (Wildman–Crippen LogP) is 1.59. The van der Waals surface area contributed by atoms with Crippen LogP contribution in [0.4, 0.5) is 0 Å². The smallest absolute Gasteiger partial charge is 0.266 e. The molecule has 6 nitrogen and oxygen atoms in total. The van der Waals surface area contributed by atoms with Crippen molar-refractivity contribution in [3.63, 3.8) is 0 Å². The second-order valence-electron chi connectivity index (χ2n) is 3.80. The molecule has 2 rings (SSSR count). The van der Waals surface area contributed by atoms with Crippen molar-refractivity contribution in [1.82, 2.24) is 14.3 Å². The van der Waals surface area contributed by atoms with E-state index >= 15 is 0 Å². The summed E-state index contributed by atoms with van der Waals surface area (Å²) in [5.41, 5.74) is -1.51. The van der Waals surface area contributed by atoms with Gasteiger partial charge in [0.1, 0.15) is 6.07 Å². The first-order valence-electron chi connectivity index (χ1n) is 5.59. The van der Waals surface area contributed by atoms with E-state index in [9.17, 15) is 9.59 Å². The molecule has 0 fully saturated rings. The number of halogens is 2. The summed E-state index contributed by atoms with van der Waals surface area (Å²) >= 11 is 11.8. The molecule has 102 valence electrons. The van der Waals surface area contributed by atoms with Gasteiger partial charge >= 0.3 is 5.69 Å². The van der Waals surface area contributed by atoms with Gasteiger partial charge in [0.15, 0.2) is 0 Å². The largest absolute Gasteiger partial charge is 0.352 e. The molecule has 0 aliphatic heterocycles. The molecule has 1 aromatic heterocycles. The Morgan fingerprint density at radius 3 is 2.60 bits per heavy atom. The van der Waals surface area contributed by atoms with Gasteiger partial charge in [-0.15, -0.1) is 5.10 Å². The topological polar surface area (TPSA) is 80.7 Å². The minimum absolute atomic E-state index is 0.125. The van der Waals surface area contributed by atoms with Crippen LogP contribution in [0.1, 0.15) is 12.6 Å². The Bertz CT molecular complexity index is 833. The molecule has 0 amide bonds. The second-order valence-corrected chi connectivity index (χ2v) is 4.64. The quantitative estimate of drug-likeness (QED) is 0.843. The van der Waals surface area contributed by atoms with Crippen LogP contribution in [0.2, 0.25) is 10.0 Å². The van der Waals surface area contributed by atoms with E-state index in [1.54, 1.807) is 13.0 Å². The Labute approximate surface area is 123 Å². The van der Waals surface area contributed by atoms with Gasteiger partial charge in [-0.25, -0.2) is 4.79 Å². The fourth-order valence-corrected chi connectivity index (χ4v) is 2.16. The molecule has 0 unspecified atom stereocenters. The highest BCUT2D eigenvalue weighted by Gasteiger charge is 2.15. The molecule has 0 saturated carbocycles. The normalized spacial score (nSPS) is 10.3. The molecule has 0 N–H and O–H groups in total. The van der Waals surface area contributed by atoms with Crippen LogP contribution in [0.3, 0.4) is 0 Å². The molecule has 20 heavy (non-hydrogen) atoms. The number of hydrogen-bond acceptors (Lipinski definition) is 4. The lowest BCUT2D eigenvalue weighted by molar-refractivity contribution is 0.596. The summed E-state index contributed by atoms with van der Waals surface area (Å²) in [6, 6.07) is 6.13. The molecular formula is C12H8Cl2N4O2. The number of aromatic nitrogens is 3. The zero-order chi connectivity index (χ0) is 14.9. The van der Waals surface area contributed by atoms with E-state index in [2.05, 4.69) is 5.10 Å². The first-order chi connectivity index (χ1) is 9.49. The first-order valence-corrected chi connectivity index (χ1v) is 6.35. The second kappa shape index (κ2) is 5.49. The van der Waals surface area contributed by atoms with E-state index in [-0.39, 0.29) is 22.9 Å². The van der Waals surface area contributed by atoms with Crippen LogP contribution < -0.4 is 11.2 Å². The van der Waals surface area contributed by atoms with E-state index < -0.39 is 11.2 Å². The van der Waals surface area contributed by atoms with Crippen molar-refractivity contribution in [1.29, 1.82) is 5.26 Å². The van der Waals surface area contributed by atoms with Crippen molar-refractivity contribution >= 4 is 23.2 Å². The van der Waals surface area contributed by atoms with Crippen LogP contribution in [-0.4, -0.2) is 14.3 Å². The van der Waals surface area contributed by atoms with Gasteiger partial charge in [-0.1, -0.05) is 23.2 Å². The van der Waals surface area contributed by atoms with Crippen LogP contribution >= 0.6 is 23.2 Å². The molecule has 1 aromatic carbocycles. The Balaban J connectivity index is 2.85. The Morgan fingerprint density at radius 2 is 2.05 bits per heavy atom. The monoisotopic (exact) mass is 310 g/mol. The van der Waals surface area contributed by atoms with Crippen molar-refractivity contribution in [2.24, 2.45) is 0 Å². The third-order valence-corrected chi connectivity index (χ3v) is 3.16. The zero-order valence-corrected chi connectivity index (χ0v) is 11.8. The summed E-state index contributed by atoms with van der Waals surface area (Å²) < 4.78 is 1.83. The Kier molecular flexibility index (Phi) is 3.93. The van der Waals surface area contributed by atoms with E-state index in [1.807, 2.05) is 0 Å². The number of nitriles is 1. The highest BCUT2D eigenvalue weighted by Crippen LogP contribution is 2.22. The Morgan fingerprint density at radius 1 is 1.35 bits per heavy atom. The first kappa shape index (κ1) is 14.3. The van der Waals surface area contributed by atoms with E-state index in [1.165, 1.54) is 18.2 Å². The zero-order valence-electron chi connectivity index (χ0n) is 10.3. The highest BCUT2D eigenvalue weighted by molar-refractivity contribution is 6.35. The van der Waals surface area contributed by atoms with Crippen LogP contribution in [0.5, 0.6) is 0 Å². The minimum Gasteiger partial charge on any atom is -0.266 e. The number of nitrogens with zero attached hydrogens (tertiary/aromatic N) is 4. The number of rotatable bonds is 2. The van der Waals surface area contributed by atoms with Gasteiger partial charge in [0, 0.05) is 11.6 Å². The molecule has 0 radical (unpaired) electrons. The molecule has 8 heteroatoms. The van der Waals surface area contributed by atoms with Crippen LogP contribution in [-0.2, 0) is 6.54 Å². The summed E-state index contributed by atoms with van der Waals surface area (Å²) in [5, 5.41) is 13.3. The standard InChI is InChI=1S/C12H8Cl2N4O2/c1-2-17-11(19)9(6-15)16-18(12(17)20)10-4-3-7(13)5-8(10)14/h3-5H,2H2,1H3. The molecule has 1 heterocycles. The van der Waals surface area contributed by atoms with Crippen molar-refractivity contribution in [3.8, 4) is 11.8 Å². The van der Waals surface area contributed by atoms with Crippen LogP contribution in [0.25, 0.3) is 5.69 Å². The van der Waals surface area contributed by atoms with E-state index in [0.717, 1.165) is 9.25 Å². The summed E-state index contributed by atoms with van der Waals surface area (Å²) in [7, 11) is 0. The predicted molar refractivity (Wildman–Crippen MR) is 74.5 cm³/mol. The average molecular weight is 311 g/mol. The SMILES string of the molecule is CCn1c(=O)c(C#N)nn(-c2ccc(Cl)cc2Cl)c1=O. The fraction of sp³-hybridized carbons (Fsp3) is 0.167. The maximum absolute atomic E-state index is 12.2. The number of hydrogen-bond donors (Lipinski definition) is 0. The summed E-state index contributed by atoms with van der Waals surface area (Å²) in [6.45, 7) is 1.75. The lowest BCUT2D eigenvalue weighted by Gasteiger charge is -2.09. The van der Waals surface area contributed by atoms with Crippen LogP contribution in [0.15, 0.2) is 27.8 Å². The molecule has 0 spiro atoms. The van der Waals surface area contributed by atoms with Gasteiger partial charge in [0.25, 0.3) is 5.56 Å². The average Bonchev–Trinajstić information content (AvgIpc) is 2.41. The molecule has 0 aliphatic carbocycles. The maximum Gasteiger partial charge on any atom is 0.352 e. The summed E-state index contributed by atoms with van der Waals surface area (Å²) in [4.78, 5) is 24.0. The maximum atomic E-state index is 12.2. The van der Waals surface area contributed by atoms with Crippen molar-refractivity contribution < 1.29 is 0 Å². The van der Waals surface area contributed by atoms with E-state index in [0.29, 0.717) is 5.02 Å². The molecule has 0 saturated heterocycles. The van der Waals surface area contributed by atoms with Gasteiger partial charge in [-0.2, -0.15) is 9.94 Å². The summed E-state index contributed by atoms with van der Waals surface area (Å²) in [6.07, 6.45) is 0. The molecule has 0 atom stereocenters. The third kappa shape index (κ3) is 2.33. The van der Waals surface area contributed by atoms with Crippen molar-refractivity contribution in [2.45, 2.75) is 13.5 Å². The lowest BCUT2D eigenvalue weighted by Crippen LogP contribution is -2.42. The van der Waals surface area contributed by atoms with Crippen molar-refractivity contribution in [3.05, 3.63) is 54.8 Å². The fourth-order valence-electron chi connectivity index (χ4n) is 1.67. The molecular weight excluding hydrogens is 303 g/mol. The highest BCUT2D eigenvalue weighted by atomic mass is 35.5. The van der Waals surface area contributed by atoms with Gasteiger partial charge in [0.2, 0.25) is 5.69 Å². The number of benzene rings is 1. The third-order valence-electron chi connectivity index (χ3n) is 2.62. The lowest BCUT2D eigenvalue weighted by atomic mass is 10.3. The van der Waals surface area contributed by atoms with Gasteiger partial charge in [-0.3, -0.25) is 9.36 Å². The minimum atomic E-state index is -0.721. The van der Waals surface area contributed by atoms with Gasteiger partial charge < -0.3 is 0 Å². The molecule has 0 aliphatic rings. The van der Waals surface area contributed by atoms with Crippen LogP contribution in [0, 0.1) is 11.3 Å². The van der Waals surface area contributed by atoms with Gasteiger partial charge in [0.05, 0.1) is 10.7 Å². The Hall–Kier alpha value is -2.10. The van der Waals surface area contributed by atoms with Gasteiger partial charge in [-0.05, 0) is 25.1 Å². The van der Waals surface area contributed by atoms with Crippen molar-refractivity contribution in [2.75, 3.05) is 0 Å².